The molecule has 1 aromatic heterocycles. The fraction of sp³-hybridized carbons (Fsp3) is 0.429. The Labute approximate surface area is 169 Å². The number of amides is 2. The van der Waals surface area contributed by atoms with Crippen LogP contribution in [0.15, 0.2) is 52.0 Å². The number of carbonyl (C=O) groups excluding carboxylic acids is 2. The van der Waals surface area contributed by atoms with Crippen molar-refractivity contribution in [2.45, 2.75) is 37.0 Å². The number of rotatable bonds is 4. The van der Waals surface area contributed by atoms with Gasteiger partial charge in [0.2, 0.25) is 0 Å². The van der Waals surface area contributed by atoms with Gasteiger partial charge in [0, 0.05) is 42.4 Å². The zero-order valence-electron chi connectivity index (χ0n) is 16.5. The minimum absolute atomic E-state index is 0.127. The van der Waals surface area contributed by atoms with Crippen molar-refractivity contribution in [2.75, 3.05) is 26.2 Å². The van der Waals surface area contributed by atoms with Crippen LogP contribution in [0.3, 0.4) is 0 Å². The number of carbonyl (C=O) groups is 2. The fourth-order valence-electron chi connectivity index (χ4n) is 2.88. The van der Waals surface area contributed by atoms with Crippen molar-refractivity contribution in [3.05, 3.63) is 54.0 Å². The molecule has 0 saturated carbocycles. The lowest BCUT2D eigenvalue weighted by molar-refractivity contribution is 0.0137. The van der Waals surface area contributed by atoms with Crippen molar-refractivity contribution in [3.63, 3.8) is 0 Å². The standard InChI is InChI=1S/C21H26N2O4S/c1-21(2,3)27-20(25)23-12-10-22(11-13-23)19(24)18-16(9-14-26-18)15-28-17-7-5-4-6-8-17/h4-9,14H,10-13,15H2,1-3H3. The highest BCUT2D eigenvalue weighted by atomic mass is 32.2. The third-order valence-electron chi connectivity index (χ3n) is 4.30. The van der Waals surface area contributed by atoms with Gasteiger partial charge in [0.05, 0.1) is 6.26 Å². The molecule has 0 N–H and O–H groups in total. The van der Waals surface area contributed by atoms with Gasteiger partial charge in [0.1, 0.15) is 5.60 Å². The van der Waals surface area contributed by atoms with Crippen molar-refractivity contribution in [3.8, 4) is 0 Å². The Morgan fingerprint density at radius 3 is 2.32 bits per heavy atom. The van der Waals surface area contributed by atoms with Gasteiger partial charge in [-0.15, -0.1) is 11.8 Å². The van der Waals surface area contributed by atoms with Crippen LogP contribution in [0.4, 0.5) is 4.79 Å². The Hall–Kier alpha value is -2.41. The first-order valence-electron chi connectivity index (χ1n) is 9.35. The fourth-order valence-corrected chi connectivity index (χ4v) is 3.78. The Bertz CT molecular complexity index is 805. The topological polar surface area (TPSA) is 63.0 Å². The van der Waals surface area contributed by atoms with E-state index in [1.54, 1.807) is 27.8 Å². The number of piperazine rings is 1. The first-order valence-corrected chi connectivity index (χ1v) is 10.3. The van der Waals surface area contributed by atoms with Crippen LogP contribution in [0.2, 0.25) is 0 Å². The largest absolute Gasteiger partial charge is 0.459 e. The van der Waals surface area contributed by atoms with Gasteiger partial charge in [-0.3, -0.25) is 4.79 Å². The number of thioether (sulfide) groups is 1. The molecule has 0 aliphatic carbocycles. The third-order valence-corrected chi connectivity index (χ3v) is 5.36. The molecule has 1 aliphatic heterocycles. The number of hydrogen-bond acceptors (Lipinski definition) is 5. The minimum Gasteiger partial charge on any atom is -0.459 e. The number of benzene rings is 1. The molecule has 2 amide bonds. The summed E-state index contributed by atoms with van der Waals surface area (Å²) in [4.78, 5) is 29.6. The van der Waals surface area contributed by atoms with Crippen molar-refractivity contribution in [1.82, 2.24) is 9.80 Å². The van der Waals surface area contributed by atoms with Gasteiger partial charge in [0.25, 0.3) is 5.91 Å². The summed E-state index contributed by atoms with van der Waals surface area (Å²) >= 11 is 1.67. The van der Waals surface area contributed by atoms with E-state index in [2.05, 4.69) is 0 Å². The molecule has 28 heavy (non-hydrogen) atoms. The highest BCUT2D eigenvalue weighted by molar-refractivity contribution is 7.98. The highest BCUT2D eigenvalue weighted by Crippen LogP contribution is 2.26. The maximum atomic E-state index is 12.9. The average molecular weight is 403 g/mol. The summed E-state index contributed by atoms with van der Waals surface area (Å²) in [7, 11) is 0. The maximum Gasteiger partial charge on any atom is 0.410 e. The normalized spacial score (nSPS) is 14.8. The van der Waals surface area contributed by atoms with Crippen LogP contribution in [0.25, 0.3) is 0 Å². The smallest absolute Gasteiger partial charge is 0.410 e. The summed E-state index contributed by atoms with van der Waals surface area (Å²) in [6.07, 6.45) is 1.22. The molecule has 1 fully saturated rings. The second-order valence-electron chi connectivity index (χ2n) is 7.64. The lowest BCUT2D eigenvalue weighted by Gasteiger charge is -2.35. The third kappa shape index (κ3) is 5.32. The highest BCUT2D eigenvalue weighted by Gasteiger charge is 2.29. The molecular formula is C21H26N2O4S. The molecule has 7 heteroatoms. The molecule has 1 aliphatic rings. The van der Waals surface area contributed by atoms with Crippen LogP contribution >= 0.6 is 11.8 Å². The van der Waals surface area contributed by atoms with Crippen LogP contribution in [0, 0.1) is 0 Å². The summed E-state index contributed by atoms with van der Waals surface area (Å²) in [5, 5.41) is 0. The first kappa shape index (κ1) is 20.3. The molecule has 2 heterocycles. The van der Waals surface area contributed by atoms with E-state index in [-0.39, 0.29) is 12.0 Å². The Kier molecular flexibility index (Phi) is 6.34. The summed E-state index contributed by atoms with van der Waals surface area (Å²) in [6, 6.07) is 11.9. The lowest BCUT2D eigenvalue weighted by Crippen LogP contribution is -2.51. The zero-order valence-corrected chi connectivity index (χ0v) is 17.3. The summed E-state index contributed by atoms with van der Waals surface area (Å²) in [5.41, 5.74) is 0.359. The molecule has 0 unspecified atom stereocenters. The van der Waals surface area contributed by atoms with Gasteiger partial charge in [0.15, 0.2) is 5.76 Å². The molecule has 6 nitrogen and oxygen atoms in total. The quantitative estimate of drug-likeness (QED) is 0.715. The number of hydrogen-bond donors (Lipinski definition) is 0. The lowest BCUT2D eigenvalue weighted by atomic mass is 10.2. The number of furan rings is 1. The second kappa shape index (κ2) is 8.73. The van der Waals surface area contributed by atoms with Crippen LogP contribution in [0.1, 0.15) is 36.9 Å². The van der Waals surface area contributed by atoms with Crippen LogP contribution < -0.4 is 0 Å². The van der Waals surface area contributed by atoms with Crippen molar-refractivity contribution in [1.29, 1.82) is 0 Å². The molecule has 0 bridgehead atoms. The molecule has 0 atom stereocenters. The minimum atomic E-state index is -0.524. The molecule has 150 valence electrons. The van der Waals surface area contributed by atoms with Crippen molar-refractivity contribution < 1.29 is 18.7 Å². The second-order valence-corrected chi connectivity index (χ2v) is 8.69. The maximum absolute atomic E-state index is 12.9. The molecule has 0 spiro atoms. The first-order chi connectivity index (χ1) is 13.3. The van der Waals surface area contributed by atoms with E-state index >= 15 is 0 Å². The Morgan fingerprint density at radius 1 is 1.04 bits per heavy atom. The van der Waals surface area contributed by atoms with E-state index in [1.165, 1.54) is 0 Å². The molecule has 0 radical (unpaired) electrons. The Morgan fingerprint density at radius 2 is 1.68 bits per heavy atom. The average Bonchev–Trinajstić information content (AvgIpc) is 3.14. The van der Waals surface area contributed by atoms with Crippen LogP contribution in [-0.4, -0.2) is 53.6 Å². The van der Waals surface area contributed by atoms with Crippen molar-refractivity contribution >= 4 is 23.8 Å². The van der Waals surface area contributed by atoms with E-state index in [1.807, 2.05) is 57.2 Å². The van der Waals surface area contributed by atoms with E-state index < -0.39 is 5.60 Å². The Balaban J connectivity index is 1.56. The van der Waals surface area contributed by atoms with Crippen molar-refractivity contribution in [2.24, 2.45) is 0 Å². The van der Waals surface area contributed by atoms with Gasteiger partial charge in [-0.25, -0.2) is 4.79 Å². The SMILES string of the molecule is CC(C)(C)OC(=O)N1CCN(C(=O)c2occc2CSc2ccccc2)CC1. The molecular weight excluding hydrogens is 376 g/mol. The van der Waals surface area contributed by atoms with E-state index in [4.69, 9.17) is 9.15 Å². The van der Waals surface area contributed by atoms with Gasteiger partial charge in [-0.05, 0) is 39.0 Å². The predicted octanol–water partition coefficient (Wildman–Crippen LogP) is 4.26. The summed E-state index contributed by atoms with van der Waals surface area (Å²) < 4.78 is 10.9. The van der Waals surface area contributed by atoms with Crippen LogP contribution in [-0.2, 0) is 10.5 Å². The van der Waals surface area contributed by atoms with E-state index in [0.29, 0.717) is 37.7 Å². The molecule has 1 saturated heterocycles. The summed E-state index contributed by atoms with van der Waals surface area (Å²) in [6.45, 7) is 7.36. The monoisotopic (exact) mass is 402 g/mol. The number of ether oxygens (including phenoxy) is 1. The number of nitrogens with zero attached hydrogens (tertiary/aromatic N) is 2. The van der Waals surface area contributed by atoms with Gasteiger partial charge in [-0.1, -0.05) is 18.2 Å². The van der Waals surface area contributed by atoms with Gasteiger partial charge >= 0.3 is 6.09 Å². The molecule has 3 rings (SSSR count). The van der Waals surface area contributed by atoms with Gasteiger partial charge in [-0.2, -0.15) is 0 Å². The predicted molar refractivity (Wildman–Crippen MR) is 108 cm³/mol. The zero-order chi connectivity index (χ0) is 20.1. The van der Waals surface area contributed by atoms with E-state index in [0.717, 1.165) is 10.5 Å². The summed E-state index contributed by atoms with van der Waals surface area (Å²) in [5.74, 6) is 0.922. The van der Waals surface area contributed by atoms with Gasteiger partial charge < -0.3 is 19.0 Å². The molecule has 1 aromatic carbocycles. The van der Waals surface area contributed by atoms with E-state index in [9.17, 15) is 9.59 Å². The molecule has 2 aromatic rings. The van der Waals surface area contributed by atoms with Crippen LogP contribution in [0.5, 0.6) is 0 Å².